The molecule has 2 aliphatic heterocycles. The Balaban J connectivity index is 1.80. The molecular formula is C23H23ClFN3O2. The number of hydrogen-bond acceptors (Lipinski definition) is 4. The third kappa shape index (κ3) is 3.50. The van der Waals surface area contributed by atoms with Gasteiger partial charge in [-0.3, -0.25) is 9.59 Å². The van der Waals surface area contributed by atoms with E-state index in [9.17, 15) is 14.0 Å². The van der Waals surface area contributed by atoms with Crippen LogP contribution in [0.25, 0.3) is 5.57 Å². The smallest absolute Gasteiger partial charge is 0.282 e. The van der Waals surface area contributed by atoms with E-state index in [0.29, 0.717) is 46.2 Å². The van der Waals surface area contributed by atoms with Crippen LogP contribution in [0.5, 0.6) is 0 Å². The fraction of sp³-hybridized carbons (Fsp3) is 0.304. The lowest BCUT2D eigenvalue weighted by molar-refractivity contribution is -0.120. The van der Waals surface area contributed by atoms with Crippen LogP contribution < -0.4 is 4.90 Å². The Morgan fingerprint density at radius 1 is 0.967 bits per heavy atom. The molecule has 1 saturated heterocycles. The third-order valence-electron chi connectivity index (χ3n) is 5.81. The first kappa shape index (κ1) is 20.6. The van der Waals surface area contributed by atoms with Crippen molar-refractivity contribution in [1.82, 2.24) is 9.80 Å². The normalized spacial score (nSPS) is 18.0. The molecule has 156 valence electrons. The SMILES string of the molecule is CCN1CCN(C2=C(c3ccc(F)cc3)C(=O)N(c3cccc(Cl)c3C)C2=O)CC1. The van der Waals surface area contributed by atoms with Crippen molar-refractivity contribution >= 4 is 34.7 Å². The number of hydrogen-bond donors (Lipinski definition) is 0. The second-order valence-corrected chi connectivity index (χ2v) is 7.89. The molecule has 0 bridgehead atoms. The third-order valence-corrected chi connectivity index (χ3v) is 6.22. The number of benzene rings is 2. The molecule has 0 spiro atoms. The fourth-order valence-corrected chi connectivity index (χ4v) is 4.20. The van der Waals surface area contributed by atoms with Crippen molar-refractivity contribution in [2.24, 2.45) is 0 Å². The highest BCUT2D eigenvalue weighted by Crippen LogP contribution is 2.37. The Labute approximate surface area is 180 Å². The molecule has 7 heteroatoms. The molecule has 2 aliphatic rings. The summed E-state index contributed by atoms with van der Waals surface area (Å²) in [5.41, 5.74) is 2.35. The molecule has 30 heavy (non-hydrogen) atoms. The molecule has 2 aromatic carbocycles. The lowest BCUT2D eigenvalue weighted by atomic mass is 10.0. The van der Waals surface area contributed by atoms with Crippen LogP contribution in [-0.2, 0) is 9.59 Å². The Morgan fingerprint density at radius 3 is 2.27 bits per heavy atom. The first-order chi connectivity index (χ1) is 14.4. The highest BCUT2D eigenvalue weighted by Gasteiger charge is 2.43. The summed E-state index contributed by atoms with van der Waals surface area (Å²) in [4.78, 5) is 32.5. The van der Waals surface area contributed by atoms with Crippen molar-refractivity contribution in [3.63, 3.8) is 0 Å². The summed E-state index contributed by atoms with van der Waals surface area (Å²) in [6.07, 6.45) is 0. The largest absolute Gasteiger partial charge is 0.364 e. The van der Waals surface area contributed by atoms with Crippen molar-refractivity contribution in [3.8, 4) is 0 Å². The standard InChI is InChI=1S/C23H23ClFN3O2/c1-3-26-11-13-27(14-12-26)21-20(16-7-9-17(25)10-8-16)22(29)28(23(21)30)19-6-4-5-18(24)15(19)2/h4-10H,3,11-14H2,1-2H3. The van der Waals surface area contributed by atoms with Crippen molar-refractivity contribution in [3.05, 3.63) is 70.1 Å². The minimum absolute atomic E-state index is 0.310. The summed E-state index contributed by atoms with van der Waals surface area (Å²) in [6, 6.07) is 10.9. The summed E-state index contributed by atoms with van der Waals surface area (Å²) in [5, 5.41) is 0.487. The minimum Gasteiger partial charge on any atom is -0.364 e. The number of imide groups is 1. The number of anilines is 1. The van der Waals surface area contributed by atoms with E-state index in [2.05, 4.69) is 11.8 Å². The molecule has 0 N–H and O–H groups in total. The second kappa shape index (κ2) is 8.20. The van der Waals surface area contributed by atoms with Crippen LogP contribution in [0.3, 0.4) is 0 Å². The Morgan fingerprint density at radius 2 is 1.63 bits per heavy atom. The molecule has 0 atom stereocenters. The summed E-state index contributed by atoms with van der Waals surface area (Å²) in [6.45, 7) is 7.76. The van der Waals surface area contributed by atoms with Gasteiger partial charge in [-0.1, -0.05) is 36.7 Å². The van der Waals surface area contributed by atoms with Gasteiger partial charge in [-0.15, -0.1) is 0 Å². The minimum atomic E-state index is -0.412. The van der Waals surface area contributed by atoms with Gasteiger partial charge in [-0.25, -0.2) is 9.29 Å². The van der Waals surface area contributed by atoms with E-state index in [4.69, 9.17) is 11.6 Å². The van der Waals surface area contributed by atoms with Crippen LogP contribution in [0.4, 0.5) is 10.1 Å². The van der Waals surface area contributed by atoms with Crippen molar-refractivity contribution in [1.29, 1.82) is 0 Å². The predicted octanol–water partition coefficient (Wildman–Crippen LogP) is 3.71. The average Bonchev–Trinajstić information content (AvgIpc) is 3.01. The van der Waals surface area contributed by atoms with E-state index < -0.39 is 11.7 Å². The molecule has 4 rings (SSSR count). The quantitative estimate of drug-likeness (QED) is 0.698. The van der Waals surface area contributed by atoms with Gasteiger partial charge in [0.25, 0.3) is 11.8 Å². The van der Waals surface area contributed by atoms with Gasteiger partial charge in [-0.05, 0) is 48.9 Å². The van der Waals surface area contributed by atoms with Gasteiger partial charge in [0.1, 0.15) is 11.5 Å². The molecule has 0 aliphatic carbocycles. The van der Waals surface area contributed by atoms with Gasteiger partial charge in [0.2, 0.25) is 0 Å². The highest BCUT2D eigenvalue weighted by atomic mass is 35.5. The molecule has 5 nitrogen and oxygen atoms in total. The van der Waals surface area contributed by atoms with Crippen LogP contribution >= 0.6 is 11.6 Å². The van der Waals surface area contributed by atoms with Crippen molar-refractivity contribution < 1.29 is 14.0 Å². The summed E-state index contributed by atoms with van der Waals surface area (Å²) in [5.74, 6) is -1.17. The number of piperazine rings is 1. The lowest BCUT2D eigenvalue weighted by Crippen LogP contribution is -2.47. The molecular weight excluding hydrogens is 405 g/mol. The van der Waals surface area contributed by atoms with E-state index in [-0.39, 0.29) is 5.91 Å². The summed E-state index contributed by atoms with van der Waals surface area (Å²) >= 11 is 6.26. The first-order valence-electron chi connectivity index (χ1n) is 10.0. The van der Waals surface area contributed by atoms with E-state index in [1.807, 2.05) is 4.90 Å². The zero-order valence-electron chi connectivity index (χ0n) is 17.0. The highest BCUT2D eigenvalue weighted by molar-refractivity contribution is 6.46. The lowest BCUT2D eigenvalue weighted by Gasteiger charge is -2.36. The maximum Gasteiger partial charge on any atom is 0.282 e. The van der Waals surface area contributed by atoms with Gasteiger partial charge in [-0.2, -0.15) is 0 Å². The van der Waals surface area contributed by atoms with Crippen LogP contribution in [0.15, 0.2) is 48.2 Å². The molecule has 2 heterocycles. The molecule has 2 aromatic rings. The zero-order chi connectivity index (χ0) is 21.4. The average molecular weight is 428 g/mol. The summed E-state index contributed by atoms with van der Waals surface area (Å²) < 4.78 is 13.5. The predicted molar refractivity (Wildman–Crippen MR) is 116 cm³/mol. The molecule has 2 amide bonds. The van der Waals surface area contributed by atoms with Gasteiger partial charge >= 0.3 is 0 Å². The van der Waals surface area contributed by atoms with Crippen LogP contribution in [-0.4, -0.2) is 54.3 Å². The van der Waals surface area contributed by atoms with Gasteiger partial charge in [0.15, 0.2) is 0 Å². The maximum absolute atomic E-state index is 13.6. The van der Waals surface area contributed by atoms with Gasteiger partial charge in [0.05, 0.1) is 11.3 Å². The van der Waals surface area contributed by atoms with E-state index in [1.54, 1.807) is 37.3 Å². The van der Waals surface area contributed by atoms with E-state index >= 15 is 0 Å². The van der Waals surface area contributed by atoms with E-state index in [0.717, 1.165) is 19.6 Å². The Hall–Kier alpha value is -2.70. The Kier molecular flexibility index (Phi) is 5.62. The monoisotopic (exact) mass is 427 g/mol. The van der Waals surface area contributed by atoms with Gasteiger partial charge in [0, 0.05) is 31.2 Å². The fourth-order valence-electron chi connectivity index (χ4n) is 4.03. The van der Waals surface area contributed by atoms with Crippen LogP contribution in [0.1, 0.15) is 18.1 Å². The number of carbonyl (C=O) groups is 2. The van der Waals surface area contributed by atoms with Crippen LogP contribution in [0.2, 0.25) is 5.02 Å². The second-order valence-electron chi connectivity index (χ2n) is 7.48. The number of likely N-dealkylation sites (N-methyl/N-ethyl adjacent to an activating group) is 1. The topological polar surface area (TPSA) is 43.9 Å². The van der Waals surface area contributed by atoms with Gasteiger partial charge < -0.3 is 9.80 Å². The molecule has 0 unspecified atom stereocenters. The van der Waals surface area contributed by atoms with Crippen LogP contribution in [0, 0.1) is 12.7 Å². The van der Waals surface area contributed by atoms with E-state index in [1.165, 1.54) is 17.0 Å². The number of nitrogens with zero attached hydrogens (tertiary/aromatic N) is 3. The maximum atomic E-state index is 13.6. The number of amides is 2. The molecule has 0 radical (unpaired) electrons. The first-order valence-corrected chi connectivity index (χ1v) is 10.4. The molecule has 1 fully saturated rings. The summed E-state index contributed by atoms with van der Waals surface area (Å²) in [7, 11) is 0. The number of carbonyl (C=O) groups excluding carboxylic acids is 2. The zero-order valence-corrected chi connectivity index (χ0v) is 17.7. The van der Waals surface area contributed by atoms with Crippen molar-refractivity contribution in [2.75, 3.05) is 37.6 Å². The molecule has 0 saturated carbocycles. The molecule has 0 aromatic heterocycles. The number of rotatable bonds is 4. The number of halogens is 2. The Bertz CT molecular complexity index is 1030. The van der Waals surface area contributed by atoms with Crippen molar-refractivity contribution in [2.45, 2.75) is 13.8 Å².